The first kappa shape index (κ1) is 21.8. The van der Waals surface area contributed by atoms with Gasteiger partial charge >= 0.3 is 0 Å². The molecule has 0 amide bonds. The Morgan fingerprint density at radius 2 is 1.93 bits per heavy atom. The lowest BCUT2D eigenvalue weighted by Crippen LogP contribution is -2.31. The van der Waals surface area contributed by atoms with Crippen LogP contribution in [0, 0.1) is 5.82 Å². The molecule has 27 heavy (non-hydrogen) atoms. The van der Waals surface area contributed by atoms with Crippen molar-refractivity contribution in [2.24, 2.45) is 0 Å². The highest BCUT2D eigenvalue weighted by atomic mass is 35.5. The number of halogens is 3. The van der Waals surface area contributed by atoms with Gasteiger partial charge in [0.1, 0.15) is 12.4 Å². The summed E-state index contributed by atoms with van der Waals surface area (Å²) in [6, 6.07) is 8.07. The molecule has 0 aliphatic heterocycles. The van der Waals surface area contributed by atoms with E-state index in [0.717, 1.165) is 12.0 Å². The molecule has 0 aliphatic carbocycles. The van der Waals surface area contributed by atoms with Gasteiger partial charge in [-0.05, 0) is 43.2 Å². The van der Waals surface area contributed by atoms with E-state index in [9.17, 15) is 9.50 Å². The first-order chi connectivity index (χ1) is 13.0. The van der Waals surface area contributed by atoms with Gasteiger partial charge in [0.15, 0.2) is 11.5 Å². The molecule has 0 aromatic heterocycles. The Bertz CT molecular complexity index is 734. The number of aliphatic hydroxyl groups is 1. The van der Waals surface area contributed by atoms with Crippen LogP contribution < -0.4 is 14.8 Å². The van der Waals surface area contributed by atoms with Crippen molar-refractivity contribution < 1.29 is 19.0 Å². The molecule has 148 valence electrons. The number of nitrogens with one attached hydrogen (secondary N) is 1. The zero-order chi connectivity index (χ0) is 19.8. The van der Waals surface area contributed by atoms with Crippen molar-refractivity contribution in [3.05, 3.63) is 57.3 Å². The third kappa shape index (κ3) is 5.98. The number of aliphatic hydroxyl groups excluding tert-OH is 1. The molecule has 0 aliphatic rings. The van der Waals surface area contributed by atoms with Gasteiger partial charge < -0.3 is 19.9 Å². The molecule has 4 nitrogen and oxygen atoms in total. The second-order valence-electron chi connectivity index (χ2n) is 6.00. The van der Waals surface area contributed by atoms with Crippen LogP contribution in [0.25, 0.3) is 0 Å². The van der Waals surface area contributed by atoms with Crippen molar-refractivity contribution >= 4 is 23.2 Å². The standard InChI is InChI=1S/C20H24Cl2FNO3/c1-3-14(11-25)24-10-13-8-17(22)20(19(9-13)26-4-2)27-12-15-16(21)6-5-7-18(15)23/h5-9,14,24-25H,3-4,10-12H2,1-2H3. The van der Waals surface area contributed by atoms with Crippen LogP contribution in [0.2, 0.25) is 10.0 Å². The Labute approximate surface area is 169 Å². The van der Waals surface area contributed by atoms with Crippen molar-refractivity contribution in [1.29, 1.82) is 0 Å². The van der Waals surface area contributed by atoms with Crippen LogP contribution in [0.15, 0.2) is 30.3 Å². The van der Waals surface area contributed by atoms with E-state index in [1.54, 1.807) is 12.1 Å². The minimum atomic E-state index is -0.438. The molecule has 0 spiro atoms. The Balaban J connectivity index is 2.20. The van der Waals surface area contributed by atoms with Gasteiger partial charge in [-0.3, -0.25) is 0 Å². The lowest BCUT2D eigenvalue weighted by molar-refractivity contribution is 0.238. The predicted octanol–water partition coefficient (Wildman–Crippen LogP) is 4.97. The highest BCUT2D eigenvalue weighted by Gasteiger charge is 2.16. The van der Waals surface area contributed by atoms with Crippen LogP contribution in [0.3, 0.4) is 0 Å². The number of hydrogen-bond acceptors (Lipinski definition) is 4. The molecule has 0 saturated heterocycles. The molecule has 1 atom stereocenters. The summed E-state index contributed by atoms with van der Waals surface area (Å²) in [7, 11) is 0. The Morgan fingerprint density at radius 1 is 1.15 bits per heavy atom. The smallest absolute Gasteiger partial charge is 0.180 e. The number of ether oxygens (including phenoxy) is 2. The minimum Gasteiger partial charge on any atom is -0.490 e. The quantitative estimate of drug-likeness (QED) is 0.574. The Morgan fingerprint density at radius 3 is 2.56 bits per heavy atom. The maximum absolute atomic E-state index is 14.0. The van der Waals surface area contributed by atoms with Crippen LogP contribution in [0.4, 0.5) is 4.39 Å². The van der Waals surface area contributed by atoms with E-state index in [0.29, 0.717) is 34.7 Å². The van der Waals surface area contributed by atoms with Crippen LogP contribution in [0.1, 0.15) is 31.4 Å². The van der Waals surface area contributed by atoms with E-state index >= 15 is 0 Å². The fourth-order valence-electron chi connectivity index (χ4n) is 2.54. The molecule has 0 heterocycles. The van der Waals surface area contributed by atoms with E-state index in [1.165, 1.54) is 12.1 Å². The molecule has 2 aromatic carbocycles. The Hall–Kier alpha value is -1.53. The average molecular weight is 416 g/mol. The van der Waals surface area contributed by atoms with Crippen molar-refractivity contribution in [3.63, 3.8) is 0 Å². The predicted molar refractivity (Wildman–Crippen MR) is 106 cm³/mol. The summed E-state index contributed by atoms with van der Waals surface area (Å²) < 4.78 is 25.4. The van der Waals surface area contributed by atoms with Crippen LogP contribution in [-0.2, 0) is 13.2 Å². The summed E-state index contributed by atoms with van der Waals surface area (Å²) in [6.07, 6.45) is 0.813. The normalized spacial score (nSPS) is 12.1. The summed E-state index contributed by atoms with van der Waals surface area (Å²) in [5.41, 5.74) is 1.16. The number of hydrogen-bond donors (Lipinski definition) is 2. The summed E-state index contributed by atoms with van der Waals surface area (Å²) in [5.74, 6) is 0.383. The van der Waals surface area contributed by atoms with E-state index in [2.05, 4.69) is 5.32 Å². The lowest BCUT2D eigenvalue weighted by atomic mass is 10.1. The van der Waals surface area contributed by atoms with E-state index in [4.69, 9.17) is 32.7 Å². The van der Waals surface area contributed by atoms with E-state index in [-0.39, 0.29) is 24.8 Å². The third-order valence-corrected chi connectivity index (χ3v) is 4.73. The van der Waals surface area contributed by atoms with Gasteiger partial charge in [0, 0.05) is 18.2 Å². The van der Waals surface area contributed by atoms with Gasteiger partial charge in [0.05, 0.1) is 23.3 Å². The van der Waals surface area contributed by atoms with Gasteiger partial charge in [-0.15, -0.1) is 0 Å². The first-order valence-corrected chi connectivity index (χ1v) is 9.60. The van der Waals surface area contributed by atoms with Crippen molar-refractivity contribution in [1.82, 2.24) is 5.32 Å². The van der Waals surface area contributed by atoms with Crippen LogP contribution in [-0.4, -0.2) is 24.4 Å². The average Bonchev–Trinajstić information content (AvgIpc) is 2.64. The molecule has 0 saturated carbocycles. The van der Waals surface area contributed by atoms with Crippen LogP contribution in [0.5, 0.6) is 11.5 Å². The SMILES string of the molecule is CCOc1cc(CNC(CC)CO)cc(Cl)c1OCc1c(F)cccc1Cl. The van der Waals surface area contributed by atoms with E-state index in [1.807, 2.05) is 19.9 Å². The lowest BCUT2D eigenvalue weighted by Gasteiger charge is -2.18. The van der Waals surface area contributed by atoms with Gasteiger partial charge in [-0.1, -0.05) is 36.2 Å². The molecule has 0 fully saturated rings. The fraction of sp³-hybridized carbons (Fsp3) is 0.400. The van der Waals surface area contributed by atoms with Crippen molar-refractivity contribution in [3.8, 4) is 11.5 Å². The van der Waals surface area contributed by atoms with Gasteiger partial charge in [-0.25, -0.2) is 4.39 Å². The van der Waals surface area contributed by atoms with Crippen molar-refractivity contribution in [2.75, 3.05) is 13.2 Å². The molecule has 7 heteroatoms. The van der Waals surface area contributed by atoms with Crippen molar-refractivity contribution in [2.45, 2.75) is 39.5 Å². The Kier molecular flexibility index (Phi) is 8.64. The van der Waals surface area contributed by atoms with Gasteiger partial charge in [-0.2, -0.15) is 0 Å². The number of rotatable bonds is 10. The van der Waals surface area contributed by atoms with E-state index < -0.39 is 5.82 Å². The van der Waals surface area contributed by atoms with Gasteiger partial charge in [0.25, 0.3) is 0 Å². The molecule has 1 unspecified atom stereocenters. The summed E-state index contributed by atoms with van der Waals surface area (Å²) in [6.45, 7) is 4.81. The maximum Gasteiger partial charge on any atom is 0.180 e. The fourth-order valence-corrected chi connectivity index (χ4v) is 3.05. The first-order valence-electron chi connectivity index (χ1n) is 8.85. The zero-order valence-electron chi connectivity index (χ0n) is 15.4. The molecule has 0 radical (unpaired) electrons. The summed E-state index contributed by atoms with van der Waals surface area (Å²) >= 11 is 12.4. The summed E-state index contributed by atoms with van der Waals surface area (Å²) in [4.78, 5) is 0. The topological polar surface area (TPSA) is 50.7 Å². The minimum absolute atomic E-state index is 0.0124. The molecule has 0 bridgehead atoms. The number of benzene rings is 2. The largest absolute Gasteiger partial charge is 0.490 e. The molecular formula is C20H24Cl2FNO3. The molecule has 2 aromatic rings. The summed E-state index contributed by atoms with van der Waals surface area (Å²) in [5, 5.41) is 13.2. The second-order valence-corrected chi connectivity index (χ2v) is 6.81. The second kappa shape index (κ2) is 10.7. The highest BCUT2D eigenvalue weighted by molar-refractivity contribution is 6.32. The monoisotopic (exact) mass is 415 g/mol. The van der Waals surface area contributed by atoms with Gasteiger partial charge in [0.2, 0.25) is 0 Å². The molecular weight excluding hydrogens is 392 g/mol. The molecule has 2 rings (SSSR count). The third-order valence-electron chi connectivity index (χ3n) is 4.10. The maximum atomic E-state index is 14.0. The highest BCUT2D eigenvalue weighted by Crippen LogP contribution is 2.37. The molecule has 2 N–H and O–H groups in total. The zero-order valence-corrected chi connectivity index (χ0v) is 16.9. The van der Waals surface area contributed by atoms with Crippen LogP contribution >= 0.6 is 23.2 Å².